The van der Waals surface area contributed by atoms with Crippen LogP contribution in [0.4, 0.5) is 0 Å². The number of aliphatic hydroxyl groups is 1. The standard InChI is InChI=1S/C17H26O3/c1-15(6-4-3-5-12-18)11-13-20-14-16-7-9-17(19-2)10-8-16/h4,6-10,15,18H,3,5,11-14H2,1-2H3/b6-4+/t15-/m0/s1. The summed E-state index contributed by atoms with van der Waals surface area (Å²) in [6.07, 6.45) is 7.16. The molecule has 0 fully saturated rings. The van der Waals surface area contributed by atoms with E-state index in [1.807, 2.05) is 24.3 Å². The summed E-state index contributed by atoms with van der Waals surface area (Å²) in [6.45, 7) is 3.86. The van der Waals surface area contributed by atoms with Crippen LogP contribution >= 0.6 is 0 Å². The molecule has 112 valence electrons. The topological polar surface area (TPSA) is 38.7 Å². The first kappa shape index (κ1) is 16.7. The highest BCUT2D eigenvalue weighted by Crippen LogP contribution is 2.12. The van der Waals surface area contributed by atoms with Crippen molar-refractivity contribution in [1.29, 1.82) is 0 Å². The molecule has 0 bridgehead atoms. The molecule has 1 N–H and O–H groups in total. The van der Waals surface area contributed by atoms with Crippen molar-refractivity contribution in [3.8, 4) is 5.75 Å². The largest absolute Gasteiger partial charge is 0.497 e. The summed E-state index contributed by atoms with van der Waals surface area (Å²) in [5.74, 6) is 1.39. The van der Waals surface area contributed by atoms with Crippen molar-refractivity contribution in [2.45, 2.75) is 32.8 Å². The third kappa shape index (κ3) is 7.31. The predicted octanol–water partition coefficient (Wildman–Crippen LogP) is 3.57. The fourth-order valence-electron chi connectivity index (χ4n) is 1.81. The van der Waals surface area contributed by atoms with Gasteiger partial charge in [0.1, 0.15) is 5.75 Å². The molecule has 0 spiro atoms. The van der Waals surface area contributed by atoms with Gasteiger partial charge in [0.15, 0.2) is 0 Å². The third-order valence-electron chi connectivity index (χ3n) is 3.14. The van der Waals surface area contributed by atoms with Gasteiger partial charge in [-0.25, -0.2) is 0 Å². The normalized spacial score (nSPS) is 12.8. The van der Waals surface area contributed by atoms with Gasteiger partial charge in [-0.2, -0.15) is 0 Å². The lowest BCUT2D eigenvalue weighted by atomic mass is 10.1. The van der Waals surface area contributed by atoms with E-state index in [4.69, 9.17) is 14.6 Å². The van der Waals surface area contributed by atoms with Gasteiger partial charge in [0.25, 0.3) is 0 Å². The van der Waals surface area contributed by atoms with Crippen molar-refractivity contribution >= 4 is 0 Å². The molecule has 3 heteroatoms. The molecule has 0 amide bonds. The first-order valence-corrected chi connectivity index (χ1v) is 7.24. The fraction of sp³-hybridized carbons (Fsp3) is 0.529. The first-order chi connectivity index (χ1) is 9.76. The highest BCUT2D eigenvalue weighted by Gasteiger charge is 1.98. The van der Waals surface area contributed by atoms with Gasteiger partial charge in [0.2, 0.25) is 0 Å². The second-order valence-electron chi connectivity index (χ2n) is 4.96. The van der Waals surface area contributed by atoms with Crippen LogP contribution in [-0.2, 0) is 11.3 Å². The minimum absolute atomic E-state index is 0.268. The third-order valence-corrected chi connectivity index (χ3v) is 3.14. The van der Waals surface area contributed by atoms with Crippen molar-refractivity contribution in [3.63, 3.8) is 0 Å². The minimum atomic E-state index is 0.268. The molecule has 0 radical (unpaired) electrons. The maximum absolute atomic E-state index is 8.68. The van der Waals surface area contributed by atoms with Gasteiger partial charge in [-0.05, 0) is 42.9 Å². The Hall–Kier alpha value is -1.32. The number of ether oxygens (including phenoxy) is 2. The molecule has 1 atom stereocenters. The number of aliphatic hydroxyl groups excluding tert-OH is 1. The zero-order chi connectivity index (χ0) is 14.6. The summed E-state index contributed by atoms with van der Waals surface area (Å²) in [6, 6.07) is 7.95. The summed E-state index contributed by atoms with van der Waals surface area (Å²) in [7, 11) is 1.67. The first-order valence-electron chi connectivity index (χ1n) is 7.24. The van der Waals surface area contributed by atoms with Gasteiger partial charge < -0.3 is 14.6 Å². The SMILES string of the molecule is COc1ccc(COCC[C@@H](C)/C=C/CCCO)cc1. The van der Waals surface area contributed by atoms with E-state index in [2.05, 4.69) is 19.1 Å². The Bertz CT molecular complexity index is 370. The Morgan fingerprint density at radius 1 is 1.25 bits per heavy atom. The number of hydrogen-bond donors (Lipinski definition) is 1. The van der Waals surface area contributed by atoms with E-state index in [1.165, 1.54) is 0 Å². The molecule has 0 aromatic heterocycles. The van der Waals surface area contributed by atoms with E-state index in [0.717, 1.165) is 37.2 Å². The van der Waals surface area contributed by atoms with Crippen LogP contribution in [0, 0.1) is 5.92 Å². The highest BCUT2D eigenvalue weighted by molar-refractivity contribution is 5.26. The second kappa shape index (κ2) is 10.5. The van der Waals surface area contributed by atoms with Crippen molar-refractivity contribution in [1.82, 2.24) is 0 Å². The van der Waals surface area contributed by atoms with Crippen LogP contribution < -0.4 is 4.74 Å². The van der Waals surface area contributed by atoms with Gasteiger partial charge in [0, 0.05) is 13.2 Å². The van der Waals surface area contributed by atoms with E-state index < -0.39 is 0 Å². The molecule has 0 heterocycles. The lowest BCUT2D eigenvalue weighted by Crippen LogP contribution is -2.00. The lowest BCUT2D eigenvalue weighted by Gasteiger charge is -2.08. The molecule has 1 aromatic rings. The summed E-state index contributed by atoms with van der Waals surface area (Å²) in [4.78, 5) is 0. The minimum Gasteiger partial charge on any atom is -0.497 e. The van der Waals surface area contributed by atoms with Crippen molar-refractivity contribution in [2.75, 3.05) is 20.3 Å². The fourth-order valence-corrected chi connectivity index (χ4v) is 1.81. The lowest BCUT2D eigenvalue weighted by molar-refractivity contribution is 0.113. The van der Waals surface area contributed by atoms with E-state index in [-0.39, 0.29) is 6.61 Å². The molecule has 1 rings (SSSR count). The van der Waals surface area contributed by atoms with Gasteiger partial charge in [-0.3, -0.25) is 0 Å². The van der Waals surface area contributed by atoms with E-state index in [0.29, 0.717) is 12.5 Å². The number of hydrogen-bond acceptors (Lipinski definition) is 3. The molecule has 3 nitrogen and oxygen atoms in total. The Morgan fingerprint density at radius 2 is 2.00 bits per heavy atom. The number of unbranched alkanes of at least 4 members (excludes halogenated alkanes) is 1. The molecule has 0 saturated heterocycles. The zero-order valence-electron chi connectivity index (χ0n) is 12.5. The quantitative estimate of drug-likeness (QED) is 0.525. The van der Waals surface area contributed by atoms with Gasteiger partial charge in [-0.15, -0.1) is 0 Å². The van der Waals surface area contributed by atoms with Crippen LogP contribution in [0.2, 0.25) is 0 Å². The highest BCUT2D eigenvalue weighted by atomic mass is 16.5. The summed E-state index contributed by atoms with van der Waals surface area (Å²) in [5.41, 5.74) is 1.16. The van der Waals surface area contributed by atoms with Crippen molar-refractivity contribution < 1.29 is 14.6 Å². The van der Waals surface area contributed by atoms with Gasteiger partial charge in [-0.1, -0.05) is 31.2 Å². The molecular formula is C17H26O3. The van der Waals surface area contributed by atoms with Crippen molar-refractivity contribution in [2.24, 2.45) is 5.92 Å². The summed E-state index contributed by atoms with van der Waals surface area (Å²) >= 11 is 0. The molecule has 20 heavy (non-hydrogen) atoms. The molecule has 1 aromatic carbocycles. The zero-order valence-corrected chi connectivity index (χ0v) is 12.5. The summed E-state index contributed by atoms with van der Waals surface area (Å²) < 4.78 is 10.8. The Morgan fingerprint density at radius 3 is 2.65 bits per heavy atom. The van der Waals surface area contributed by atoms with Gasteiger partial charge >= 0.3 is 0 Å². The average Bonchev–Trinajstić information content (AvgIpc) is 2.49. The van der Waals surface area contributed by atoms with Crippen LogP contribution in [-0.4, -0.2) is 25.4 Å². The summed E-state index contributed by atoms with van der Waals surface area (Å²) in [5, 5.41) is 8.68. The monoisotopic (exact) mass is 278 g/mol. The number of methoxy groups -OCH3 is 1. The molecule has 0 saturated carbocycles. The van der Waals surface area contributed by atoms with Crippen LogP contribution in [0.25, 0.3) is 0 Å². The van der Waals surface area contributed by atoms with Crippen LogP contribution in [0.3, 0.4) is 0 Å². The Labute approximate surface area is 122 Å². The maximum atomic E-state index is 8.68. The molecule has 0 aliphatic heterocycles. The van der Waals surface area contributed by atoms with E-state index in [9.17, 15) is 0 Å². The Balaban J connectivity index is 2.12. The van der Waals surface area contributed by atoms with E-state index >= 15 is 0 Å². The van der Waals surface area contributed by atoms with Crippen LogP contribution in [0.5, 0.6) is 5.75 Å². The van der Waals surface area contributed by atoms with E-state index in [1.54, 1.807) is 7.11 Å². The molecule has 0 aliphatic carbocycles. The van der Waals surface area contributed by atoms with Crippen molar-refractivity contribution in [3.05, 3.63) is 42.0 Å². The Kier molecular flexibility index (Phi) is 8.76. The molecule has 0 unspecified atom stereocenters. The number of benzene rings is 1. The van der Waals surface area contributed by atoms with Crippen LogP contribution in [0.1, 0.15) is 31.7 Å². The predicted molar refractivity (Wildman–Crippen MR) is 81.9 cm³/mol. The van der Waals surface area contributed by atoms with Gasteiger partial charge in [0.05, 0.1) is 13.7 Å². The maximum Gasteiger partial charge on any atom is 0.118 e. The number of allylic oxidation sites excluding steroid dienone is 2. The average molecular weight is 278 g/mol. The number of rotatable bonds is 10. The van der Waals surface area contributed by atoms with Crippen LogP contribution in [0.15, 0.2) is 36.4 Å². The molecule has 0 aliphatic rings. The smallest absolute Gasteiger partial charge is 0.118 e. The second-order valence-corrected chi connectivity index (χ2v) is 4.96. The molecular weight excluding hydrogens is 252 g/mol.